The fourth-order valence-corrected chi connectivity index (χ4v) is 6.85. The van der Waals surface area contributed by atoms with Gasteiger partial charge in [-0.1, -0.05) is 194 Å². The molecule has 0 amide bonds. The summed E-state index contributed by atoms with van der Waals surface area (Å²) in [4.78, 5) is 0. The van der Waals surface area contributed by atoms with E-state index in [1.54, 1.807) is 0 Å². The maximum Gasteiger partial charge on any atom is 0.332 e. The fourth-order valence-electron chi connectivity index (χ4n) is 5.83. The normalized spacial score (nSPS) is 13.8. The minimum absolute atomic E-state index is 0.235. The second kappa shape index (κ2) is 37.7. The maximum atomic E-state index is 10.4. The highest BCUT2D eigenvalue weighted by molar-refractivity contribution is 7.41. The first-order valence-electron chi connectivity index (χ1n) is 19.7. The average molecular weight is 647 g/mol. The van der Waals surface area contributed by atoms with Crippen molar-refractivity contribution in [3.63, 3.8) is 0 Å². The number of hydrogen-bond donors (Lipinski definition) is 2. The van der Waals surface area contributed by atoms with E-state index in [9.17, 15) is 10.2 Å². The topological polar surface area (TPSA) is 68.2 Å². The summed E-state index contributed by atoms with van der Waals surface area (Å²) < 4.78 is 17.1. The first-order valence-corrected chi connectivity index (χ1v) is 20.8. The van der Waals surface area contributed by atoms with Gasteiger partial charge in [0.15, 0.2) is 0 Å². The first kappa shape index (κ1) is 44.2. The monoisotopic (exact) mass is 647 g/mol. The highest BCUT2D eigenvalue weighted by atomic mass is 31.2. The van der Waals surface area contributed by atoms with Crippen molar-refractivity contribution in [1.29, 1.82) is 0 Å². The van der Waals surface area contributed by atoms with Gasteiger partial charge < -0.3 is 23.8 Å². The molecular formula is C38H79O5P. The maximum absolute atomic E-state index is 10.4. The molecule has 6 heteroatoms. The van der Waals surface area contributed by atoms with Gasteiger partial charge in [0.05, 0.1) is 32.0 Å². The molecular weight excluding hydrogens is 567 g/mol. The summed E-state index contributed by atoms with van der Waals surface area (Å²) in [6.07, 6.45) is 38.0. The minimum atomic E-state index is -1.52. The summed E-state index contributed by atoms with van der Waals surface area (Å²) in [7, 11) is -1.52. The van der Waals surface area contributed by atoms with Crippen LogP contribution in [0.3, 0.4) is 0 Å². The quantitative estimate of drug-likeness (QED) is 0.0516. The van der Waals surface area contributed by atoms with Crippen LogP contribution in [0, 0.1) is 0 Å². The van der Waals surface area contributed by atoms with E-state index in [0.29, 0.717) is 6.61 Å². The molecule has 0 bridgehead atoms. The van der Waals surface area contributed by atoms with Gasteiger partial charge in [-0.15, -0.1) is 0 Å². The first-order chi connectivity index (χ1) is 21.6. The SMILES string of the molecule is CCCCCCCCCCCCCCCCC(O)COP(OCC)OCC(O)CCCCCCCCCCCCCCCC. The molecule has 0 heterocycles. The van der Waals surface area contributed by atoms with Crippen LogP contribution in [-0.4, -0.2) is 42.2 Å². The zero-order chi connectivity index (χ0) is 32.2. The molecule has 0 aliphatic heterocycles. The van der Waals surface area contributed by atoms with Crippen LogP contribution in [0.15, 0.2) is 0 Å². The molecule has 0 aliphatic carbocycles. The second-order valence-corrected chi connectivity index (χ2v) is 14.5. The predicted octanol–water partition coefficient (Wildman–Crippen LogP) is 12.7. The van der Waals surface area contributed by atoms with Gasteiger partial charge in [-0.05, 0) is 19.8 Å². The number of unbranched alkanes of at least 4 members (excludes halogenated alkanes) is 26. The van der Waals surface area contributed by atoms with E-state index >= 15 is 0 Å². The molecule has 266 valence electrons. The Morgan fingerprint density at radius 2 is 0.614 bits per heavy atom. The van der Waals surface area contributed by atoms with Crippen molar-refractivity contribution in [2.75, 3.05) is 19.8 Å². The van der Waals surface area contributed by atoms with E-state index < -0.39 is 20.8 Å². The summed E-state index contributed by atoms with van der Waals surface area (Å²) in [6, 6.07) is 0. The Morgan fingerprint density at radius 1 is 0.364 bits per heavy atom. The van der Waals surface area contributed by atoms with Crippen LogP contribution in [0.2, 0.25) is 0 Å². The summed E-state index contributed by atoms with van der Waals surface area (Å²) in [5.74, 6) is 0. The molecule has 2 atom stereocenters. The summed E-state index contributed by atoms with van der Waals surface area (Å²) >= 11 is 0. The van der Waals surface area contributed by atoms with Gasteiger partial charge in [-0.2, -0.15) is 0 Å². The van der Waals surface area contributed by atoms with Gasteiger partial charge in [-0.25, -0.2) is 0 Å². The highest BCUT2D eigenvalue weighted by Crippen LogP contribution is 2.40. The average Bonchev–Trinajstić information content (AvgIpc) is 3.02. The Bertz CT molecular complexity index is 481. The van der Waals surface area contributed by atoms with Crippen molar-refractivity contribution in [3.8, 4) is 0 Å². The van der Waals surface area contributed by atoms with Crippen LogP contribution in [-0.2, 0) is 13.6 Å². The lowest BCUT2D eigenvalue weighted by Gasteiger charge is -2.19. The van der Waals surface area contributed by atoms with E-state index in [1.165, 1.54) is 167 Å². The van der Waals surface area contributed by atoms with Crippen LogP contribution >= 0.6 is 8.60 Å². The molecule has 2 N–H and O–H groups in total. The van der Waals surface area contributed by atoms with E-state index in [0.717, 1.165) is 25.7 Å². The van der Waals surface area contributed by atoms with Crippen LogP contribution < -0.4 is 0 Å². The van der Waals surface area contributed by atoms with E-state index in [1.807, 2.05) is 6.92 Å². The number of aliphatic hydroxyl groups excluding tert-OH is 2. The Labute approximate surface area is 277 Å². The lowest BCUT2D eigenvalue weighted by Crippen LogP contribution is -2.17. The molecule has 2 unspecified atom stereocenters. The molecule has 5 nitrogen and oxygen atoms in total. The third-order valence-electron chi connectivity index (χ3n) is 8.76. The molecule has 0 saturated heterocycles. The lowest BCUT2D eigenvalue weighted by molar-refractivity contribution is 0.0530. The van der Waals surface area contributed by atoms with Gasteiger partial charge >= 0.3 is 8.60 Å². The summed E-state index contributed by atoms with van der Waals surface area (Å²) in [5, 5.41) is 20.7. The van der Waals surface area contributed by atoms with Crippen LogP contribution in [0.5, 0.6) is 0 Å². The van der Waals surface area contributed by atoms with Gasteiger partial charge in [0.2, 0.25) is 0 Å². The van der Waals surface area contributed by atoms with Crippen LogP contribution in [0.25, 0.3) is 0 Å². The van der Waals surface area contributed by atoms with Crippen molar-refractivity contribution < 1.29 is 23.8 Å². The highest BCUT2D eigenvalue weighted by Gasteiger charge is 2.17. The van der Waals surface area contributed by atoms with Crippen molar-refractivity contribution in [2.45, 2.75) is 226 Å². The van der Waals surface area contributed by atoms with Gasteiger partial charge in [0.25, 0.3) is 0 Å². The van der Waals surface area contributed by atoms with Crippen molar-refractivity contribution in [2.24, 2.45) is 0 Å². The van der Waals surface area contributed by atoms with E-state index in [4.69, 9.17) is 13.6 Å². The molecule has 0 aromatic heterocycles. The van der Waals surface area contributed by atoms with Gasteiger partial charge in [0.1, 0.15) is 0 Å². The van der Waals surface area contributed by atoms with Crippen molar-refractivity contribution >= 4 is 8.60 Å². The van der Waals surface area contributed by atoms with Crippen molar-refractivity contribution in [3.05, 3.63) is 0 Å². The summed E-state index contributed by atoms with van der Waals surface area (Å²) in [6.45, 7) is 7.44. The van der Waals surface area contributed by atoms with E-state index in [-0.39, 0.29) is 13.2 Å². The molecule has 0 rings (SSSR count). The van der Waals surface area contributed by atoms with Crippen molar-refractivity contribution in [1.82, 2.24) is 0 Å². The lowest BCUT2D eigenvalue weighted by atomic mass is 10.0. The Morgan fingerprint density at radius 3 is 0.864 bits per heavy atom. The minimum Gasteiger partial charge on any atom is -0.391 e. The predicted molar refractivity (Wildman–Crippen MR) is 192 cm³/mol. The zero-order valence-corrected chi connectivity index (χ0v) is 31.0. The number of aliphatic hydroxyl groups is 2. The standard InChI is InChI=1S/C38H79O5P/c1-4-7-9-11-13-15-17-19-21-23-25-27-29-31-33-37(39)35-42-44(41-6-3)43-36-38(40)34-32-30-28-26-24-22-20-18-16-14-12-10-8-5-2/h37-40H,4-36H2,1-3H3. The number of rotatable bonds is 38. The smallest absolute Gasteiger partial charge is 0.332 e. The Hall–Kier alpha value is 0.230. The van der Waals surface area contributed by atoms with Gasteiger partial charge in [0, 0.05) is 0 Å². The second-order valence-electron chi connectivity index (χ2n) is 13.3. The Kier molecular flexibility index (Phi) is 37.9. The molecule has 0 saturated carbocycles. The van der Waals surface area contributed by atoms with Gasteiger partial charge in [-0.3, -0.25) is 0 Å². The molecule has 0 aromatic rings. The Balaban J connectivity index is 3.59. The third kappa shape index (κ3) is 35.1. The zero-order valence-electron chi connectivity index (χ0n) is 30.1. The van der Waals surface area contributed by atoms with Crippen LogP contribution in [0.1, 0.15) is 213 Å². The molecule has 0 aliphatic rings. The molecule has 0 aromatic carbocycles. The number of hydrogen-bond acceptors (Lipinski definition) is 5. The fraction of sp³-hybridized carbons (Fsp3) is 1.00. The molecule has 0 fully saturated rings. The van der Waals surface area contributed by atoms with Crippen LogP contribution in [0.4, 0.5) is 0 Å². The molecule has 0 radical (unpaired) electrons. The summed E-state index contributed by atoms with van der Waals surface area (Å²) in [5.41, 5.74) is 0. The largest absolute Gasteiger partial charge is 0.391 e. The molecule has 0 spiro atoms. The molecule has 44 heavy (non-hydrogen) atoms. The van der Waals surface area contributed by atoms with E-state index in [2.05, 4.69) is 13.8 Å². The third-order valence-corrected chi connectivity index (χ3v) is 9.95.